The highest BCUT2D eigenvalue weighted by molar-refractivity contribution is 5.57. The normalized spacial score (nSPS) is 26.4. The molecule has 3 aliphatic rings. The average molecular weight is 456 g/mol. The van der Waals surface area contributed by atoms with Gasteiger partial charge in [0.15, 0.2) is 5.60 Å². The van der Waals surface area contributed by atoms with Crippen molar-refractivity contribution in [2.75, 3.05) is 14.2 Å². The third-order valence-corrected chi connectivity index (χ3v) is 7.31. The van der Waals surface area contributed by atoms with Crippen molar-refractivity contribution >= 4 is 0 Å². The van der Waals surface area contributed by atoms with Gasteiger partial charge in [-0.05, 0) is 56.0 Å². The van der Waals surface area contributed by atoms with E-state index in [-0.39, 0.29) is 5.92 Å². The van der Waals surface area contributed by atoms with Crippen LogP contribution >= 0.6 is 0 Å². The number of nitriles is 1. The maximum Gasteiger partial charge on any atom is 0.174 e. The van der Waals surface area contributed by atoms with E-state index in [2.05, 4.69) is 28.5 Å². The smallest absolute Gasteiger partial charge is 0.174 e. The summed E-state index contributed by atoms with van der Waals surface area (Å²) in [7, 11) is 3.59. The number of hydrogen-bond acceptors (Lipinski definition) is 6. The van der Waals surface area contributed by atoms with Crippen LogP contribution in [0.4, 0.5) is 0 Å². The molecule has 2 saturated carbocycles. The van der Waals surface area contributed by atoms with Crippen LogP contribution in [0.25, 0.3) is 0 Å². The largest absolute Gasteiger partial charge is 0.495 e. The number of fused-ring (bicyclic) bond motifs is 3. The molecule has 3 aromatic rings. The Morgan fingerprint density at radius 2 is 1.82 bits per heavy atom. The number of nitrogens with zero attached hydrogens (tertiary/aromatic N) is 2. The van der Waals surface area contributed by atoms with E-state index in [0.29, 0.717) is 29.0 Å². The van der Waals surface area contributed by atoms with Gasteiger partial charge in [-0.15, -0.1) is 0 Å². The fourth-order valence-corrected chi connectivity index (χ4v) is 5.48. The van der Waals surface area contributed by atoms with Crippen molar-refractivity contribution in [3.63, 3.8) is 0 Å². The molecule has 6 heteroatoms. The third kappa shape index (κ3) is 3.44. The Bertz CT molecular complexity index is 1200. The van der Waals surface area contributed by atoms with Gasteiger partial charge < -0.3 is 19.9 Å². The van der Waals surface area contributed by atoms with Gasteiger partial charge in [0, 0.05) is 12.0 Å². The van der Waals surface area contributed by atoms with E-state index in [4.69, 9.17) is 9.47 Å². The molecule has 0 amide bonds. The van der Waals surface area contributed by atoms with Crippen LogP contribution in [0.5, 0.6) is 11.5 Å². The molecule has 0 radical (unpaired) electrons. The van der Waals surface area contributed by atoms with Gasteiger partial charge in [-0.3, -0.25) is 4.98 Å². The number of nitrogens with one attached hydrogen (secondary N) is 1. The highest BCUT2D eigenvalue weighted by Crippen LogP contribution is 2.67. The second-order valence-electron chi connectivity index (χ2n) is 9.17. The number of pyridine rings is 1. The minimum Gasteiger partial charge on any atom is -0.495 e. The van der Waals surface area contributed by atoms with Gasteiger partial charge in [0.1, 0.15) is 17.1 Å². The molecule has 2 aromatic carbocycles. The van der Waals surface area contributed by atoms with Crippen LogP contribution in [0.15, 0.2) is 67.0 Å². The lowest BCUT2D eigenvalue weighted by atomic mass is 9.71. The van der Waals surface area contributed by atoms with Gasteiger partial charge >= 0.3 is 0 Å². The van der Waals surface area contributed by atoms with Crippen molar-refractivity contribution < 1.29 is 14.6 Å². The van der Waals surface area contributed by atoms with Crippen LogP contribution in [-0.4, -0.2) is 30.3 Å². The molecular formula is C28H29N3O3. The molecule has 1 aliphatic heterocycles. The van der Waals surface area contributed by atoms with Crippen molar-refractivity contribution in [1.82, 2.24) is 10.3 Å². The lowest BCUT2D eigenvalue weighted by molar-refractivity contribution is -0.106. The summed E-state index contributed by atoms with van der Waals surface area (Å²) in [6.07, 6.45) is 7.34. The van der Waals surface area contributed by atoms with Crippen molar-refractivity contribution in [2.24, 2.45) is 0 Å². The summed E-state index contributed by atoms with van der Waals surface area (Å²) in [5, 5.41) is 24.5. The van der Waals surface area contributed by atoms with Crippen molar-refractivity contribution in [2.45, 2.75) is 48.8 Å². The Hall–Kier alpha value is -3.40. The lowest BCUT2D eigenvalue weighted by Gasteiger charge is -2.40. The lowest BCUT2D eigenvalue weighted by Crippen LogP contribution is -2.48. The Morgan fingerprint density at radius 3 is 2.41 bits per heavy atom. The van der Waals surface area contributed by atoms with Crippen LogP contribution in [0, 0.1) is 11.3 Å². The van der Waals surface area contributed by atoms with E-state index < -0.39 is 11.2 Å². The van der Waals surface area contributed by atoms with E-state index >= 15 is 0 Å². The van der Waals surface area contributed by atoms with Gasteiger partial charge in [0.2, 0.25) is 0 Å². The molecule has 0 bridgehead atoms. The molecule has 3 atom stereocenters. The SMILES string of the molecule is CNC1CC1.COc1cncc2c1C1(O)CCC(c3ccccc3)C1(c1ccc(C#N)cc1)O2. The molecule has 34 heavy (non-hydrogen) atoms. The van der Waals surface area contributed by atoms with Crippen molar-refractivity contribution in [3.8, 4) is 17.6 Å². The highest BCUT2D eigenvalue weighted by Gasteiger charge is 2.69. The number of methoxy groups -OCH3 is 1. The quantitative estimate of drug-likeness (QED) is 0.607. The van der Waals surface area contributed by atoms with E-state index in [1.54, 1.807) is 31.6 Å². The first-order valence-corrected chi connectivity index (χ1v) is 11.7. The van der Waals surface area contributed by atoms with E-state index in [1.165, 1.54) is 12.8 Å². The number of aliphatic hydroxyl groups is 1. The molecule has 6 rings (SSSR count). The maximum atomic E-state index is 12.2. The average Bonchev–Trinajstić information content (AvgIpc) is 3.63. The Morgan fingerprint density at radius 1 is 1.09 bits per heavy atom. The predicted molar refractivity (Wildman–Crippen MR) is 129 cm³/mol. The standard InChI is InChI=1S/C24H20N2O3.C4H9N/c1-28-20-14-26-15-21-22(20)23(27)12-11-19(17-5-3-2-4-6-17)24(23,29-21)18-9-7-16(13-25)8-10-18;1-5-4-2-3-4/h2-10,14-15,19,27H,11-12H2,1H3;4-5H,2-3H2,1H3. The van der Waals surface area contributed by atoms with Crippen LogP contribution in [0.2, 0.25) is 0 Å². The highest BCUT2D eigenvalue weighted by atomic mass is 16.5. The summed E-state index contributed by atoms with van der Waals surface area (Å²) in [5.74, 6) is 0.991. The van der Waals surface area contributed by atoms with E-state index in [9.17, 15) is 10.4 Å². The van der Waals surface area contributed by atoms with Gasteiger partial charge in [0.05, 0.1) is 36.7 Å². The van der Waals surface area contributed by atoms with Crippen molar-refractivity contribution in [3.05, 3.63) is 89.2 Å². The topological polar surface area (TPSA) is 87.4 Å². The molecule has 2 heterocycles. The zero-order valence-corrected chi connectivity index (χ0v) is 19.5. The zero-order chi connectivity index (χ0) is 23.8. The number of rotatable bonds is 4. The van der Waals surface area contributed by atoms with Gasteiger partial charge in [0.25, 0.3) is 0 Å². The fourth-order valence-electron chi connectivity index (χ4n) is 5.48. The molecular weight excluding hydrogens is 426 g/mol. The predicted octanol–water partition coefficient (Wildman–Crippen LogP) is 4.38. The number of aromatic nitrogens is 1. The summed E-state index contributed by atoms with van der Waals surface area (Å²) in [6.45, 7) is 0. The van der Waals surface area contributed by atoms with E-state index in [1.807, 2.05) is 37.4 Å². The molecule has 2 N–H and O–H groups in total. The maximum absolute atomic E-state index is 12.2. The molecule has 2 fully saturated rings. The molecule has 3 unspecified atom stereocenters. The second kappa shape index (κ2) is 8.75. The minimum atomic E-state index is -1.27. The summed E-state index contributed by atoms with van der Waals surface area (Å²) in [4.78, 5) is 4.23. The van der Waals surface area contributed by atoms with Gasteiger partial charge in [-0.25, -0.2) is 0 Å². The number of hydrogen-bond donors (Lipinski definition) is 2. The number of benzene rings is 2. The zero-order valence-electron chi connectivity index (χ0n) is 19.5. The first-order chi connectivity index (χ1) is 16.6. The molecule has 6 nitrogen and oxygen atoms in total. The van der Waals surface area contributed by atoms with Crippen LogP contribution in [0.1, 0.15) is 53.9 Å². The summed E-state index contributed by atoms with van der Waals surface area (Å²) in [5.41, 5.74) is 0.860. The summed E-state index contributed by atoms with van der Waals surface area (Å²) >= 11 is 0. The van der Waals surface area contributed by atoms with Crippen LogP contribution in [-0.2, 0) is 11.2 Å². The molecule has 2 aliphatic carbocycles. The van der Waals surface area contributed by atoms with E-state index in [0.717, 1.165) is 23.6 Å². The minimum absolute atomic E-state index is 0.0706. The van der Waals surface area contributed by atoms with Gasteiger partial charge in [-0.2, -0.15) is 5.26 Å². The Balaban J connectivity index is 0.000000429. The Kier molecular flexibility index (Phi) is 5.76. The summed E-state index contributed by atoms with van der Waals surface area (Å²) < 4.78 is 12.2. The van der Waals surface area contributed by atoms with Gasteiger partial charge in [-0.1, -0.05) is 42.5 Å². The molecule has 0 saturated heterocycles. The third-order valence-electron chi connectivity index (χ3n) is 7.31. The molecule has 174 valence electrons. The monoisotopic (exact) mass is 455 g/mol. The van der Waals surface area contributed by atoms with Crippen LogP contribution < -0.4 is 14.8 Å². The molecule has 0 spiro atoms. The van der Waals surface area contributed by atoms with Crippen LogP contribution in [0.3, 0.4) is 0 Å². The first-order valence-electron chi connectivity index (χ1n) is 11.7. The molecule has 1 aromatic heterocycles. The summed E-state index contributed by atoms with van der Waals surface area (Å²) in [6, 6.07) is 20.5. The Labute approximate surface area is 200 Å². The number of ether oxygens (including phenoxy) is 2. The first kappa shape index (κ1) is 22.4. The second-order valence-corrected chi connectivity index (χ2v) is 9.17. The fraction of sp³-hybridized carbons (Fsp3) is 0.357. The van der Waals surface area contributed by atoms with Crippen molar-refractivity contribution in [1.29, 1.82) is 5.26 Å².